The molecule has 0 aromatic rings. The SMILES string of the molecule is CCCCCCC(C)/C=N/CC. The molecule has 0 aromatic carbocycles. The Morgan fingerprint density at radius 3 is 2.50 bits per heavy atom. The molecule has 0 saturated heterocycles. The zero-order chi connectivity index (χ0) is 9.23. The largest absolute Gasteiger partial charge is 0.298 e. The Bertz CT molecular complexity index is 108. The second-order valence-electron chi connectivity index (χ2n) is 3.47. The summed E-state index contributed by atoms with van der Waals surface area (Å²) >= 11 is 0. The molecule has 0 bridgehead atoms. The van der Waals surface area contributed by atoms with E-state index in [9.17, 15) is 0 Å². The number of nitrogens with zero attached hydrogens (tertiary/aromatic N) is 1. The molecule has 0 fully saturated rings. The number of unbranched alkanes of at least 4 members (excludes halogenated alkanes) is 3. The van der Waals surface area contributed by atoms with Crippen LogP contribution in [0.5, 0.6) is 0 Å². The summed E-state index contributed by atoms with van der Waals surface area (Å²) in [5.41, 5.74) is 0. The van der Waals surface area contributed by atoms with Crippen LogP contribution in [-0.2, 0) is 0 Å². The van der Waals surface area contributed by atoms with Crippen LogP contribution in [0.15, 0.2) is 4.99 Å². The molecule has 0 amide bonds. The van der Waals surface area contributed by atoms with Gasteiger partial charge in [0.2, 0.25) is 0 Å². The van der Waals surface area contributed by atoms with E-state index in [1.54, 1.807) is 0 Å². The predicted octanol–water partition coefficient (Wildman–Crippen LogP) is 3.68. The van der Waals surface area contributed by atoms with Gasteiger partial charge in [-0.15, -0.1) is 0 Å². The Hall–Kier alpha value is -0.330. The van der Waals surface area contributed by atoms with Gasteiger partial charge in [-0.05, 0) is 19.3 Å². The maximum Gasteiger partial charge on any atom is 0.0357 e. The standard InChI is InChI=1S/C11H23N/c1-4-6-7-8-9-11(3)10-12-5-2/h10-11H,4-9H2,1-3H3/b12-10+. The van der Waals surface area contributed by atoms with Gasteiger partial charge >= 0.3 is 0 Å². The van der Waals surface area contributed by atoms with Crippen LogP contribution < -0.4 is 0 Å². The van der Waals surface area contributed by atoms with Gasteiger partial charge in [-0.3, -0.25) is 4.99 Å². The minimum absolute atomic E-state index is 0.682. The maximum atomic E-state index is 4.25. The smallest absolute Gasteiger partial charge is 0.0357 e. The zero-order valence-corrected chi connectivity index (χ0v) is 8.84. The van der Waals surface area contributed by atoms with Gasteiger partial charge in [0.25, 0.3) is 0 Å². The number of hydrogen-bond acceptors (Lipinski definition) is 1. The summed E-state index contributed by atoms with van der Waals surface area (Å²) < 4.78 is 0. The Morgan fingerprint density at radius 1 is 1.17 bits per heavy atom. The average molecular weight is 169 g/mol. The summed E-state index contributed by atoms with van der Waals surface area (Å²) in [6.45, 7) is 7.52. The summed E-state index contributed by atoms with van der Waals surface area (Å²) in [6.07, 6.45) is 8.88. The minimum atomic E-state index is 0.682. The van der Waals surface area contributed by atoms with Crippen molar-refractivity contribution < 1.29 is 0 Å². The molecular weight excluding hydrogens is 146 g/mol. The molecule has 1 atom stereocenters. The van der Waals surface area contributed by atoms with Crippen LogP contribution in [0.25, 0.3) is 0 Å². The van der Waals surface area contributed by atoms with E-state index < -0.39 is 0 Å². The molecule has 0 heterocycles. The molecule has 1 nitrogen and oxygen atoms in total. The van der Waals surface area contributed by atoms with Crippen molar-refractivity contribution in [2.24, 2.45) is 10.9 Å². The number of hydrogen-bond donors (Lipinski definition) is 0. The fourth-order valence-electron chi connectivity index (χ4n) is 1.25. The van der Waals surface area contributed by atoms with E-state index in [0.29, 0.717) is 5.92 Å². The topological polar surface area (TPSA) is 12.4 Å². The Morgan fingerprint density at radius 2 is 1.92 bits per heavy atom. The highest BCUT2D eigenvalue weighted by atomic mass is 14.7. The van der Waals surface area contributed by atoms with E-state index in [1.165, 1.54) is 32.1 Å². The molecule has 0 aliphatic rings. The van der Waals surface area contributed by atoms with Crippen molar-refractivity contribution in [1.29, 1.82) is 0 Å². The predicted molar refractivity (Wildman–Crippen MR) is 57.0 cm³/mol. The van der Waals surface area contributed by atoms with Crippen molar-refractivity contribution in [3.8, 4) is 0 Å². The molecule has 1 unspecified atom stereocenters. The van der Waals surface area contributed by atoms with Crippen LogP contribution in [0, 0.1) is 5.92 Å². The van der Waals surface area contributed by atoms with Crippen molar-refractivity contribution >= 4 is 6.21 Å². The summed E-state index contributed by atoms with van der Waals surface area (Å²) in [5.74, 6) is 0.682. The van der Waals surface area contributed by atoms with Crippen LogP contribution in [0.1, 0.15) is 52.9 Å². The van der Waals surface area contributed by atoms with Crippen molar-refractivity contribution in [3.05, 3.63) is 0 Å². The van der Waals surface area contributed by atoms with Crippen molar-refractivity contribution in [2.75, 3.05) is 6.54 Å². The molecule has 1 heteroatoms. The van der Waals surface area contributed by atoms with Crippen LogP contribution in [0.4, 0.5) is 0 Å². The van der Waals surface area contributed by atoms with Gasteiger partial charge in [0.05, 0.1) is 0 Å². The van der Waals surface area contributed by atoms with E-state index in [1.807, 2.05) is 0 Å². The van der Waals surface area contributed by atoms with Crippen molar-refractivity contribution in [2.45, 2.75) is 52.9 Å². The Kier molecular flexibility index (Phi) is 8.52. The highest BCUT2D eigenvalue weighted by molar-refractivity contribution is 5.59. The summed E-state index contributed by atoms with van der Waals surface area (Å²) in [4.78, 5) is 4.25. The van der Waals surface area contributed by atoms with Crippen LogP contribution in [-0.4, -0.2) is 12.8 Å². The summed E-state index contributed by atoms with van der Waals surface area (Å²) in [6, 6.07) is 0. The maximum absolute atomic E-state index is 4.25. The highest BCUT2D eigenvalue weighted by Crippen LogP contribution is 2.08. The fraction of sp³-hybridized carbons (Fsp3) is 0.909. The lowest BCUT2D eigenvalue weighted by Gasteiger charge is -2.03. The van der Waals surface area contributed by atoms with Crippen molar-refractivity contribution in [1.82, 2.24) is 0 Å². The lowest BCUT2D eigenvalue weighted by molar-refractivity contribution is 0.583. The normalized spacial score (nSPS) is 13.9. The van der Waals surface area contributed by atoms with Gasteiger partial charge in [0.15, 0.2) is 0 Å². The van der Waals surface area contributed by atoms with E-state index >= 15 is 0 Å². The summed E-state index contributed by atoms with van der Waals surface area (Å²) in [5, 5.41) is 0. The van der Waals surface area contributed by atoms with Crippen LogP contribution >= 0.6 is 0 Å². The minimum Gasteiger partial charge on any atom is -0.298 e. The monoisotopic (exact) mass is 169 g/mol. The van der Waals surface area contributed by atoms with Gasteiger partial charge in [-0.25, -0.2) is 0 Å². The quantitative estimate of drug-likeness (QED) is 0.407. The second-order valence-corrected chi connectivity index (χ2v) is 3.47. The molecule has 0 rings (SSSR count). The molecule has 0 radical (unpaired) electrons. The first-order chi connectivity index (χ1) is 5.81. The Labute approximate surface area is 77.3 Å². The average Bonchev–Trinajstić information content (AvgIpc) is 2.09. The van der Waals surface area contributed by atoms with E-state index in [4.69, 9.17) is 0 Å². The van der Waals surface area contributed by atoms with E-state index in [0.717, 1.165) is 6.54 Å². The zero-order valence-electron chi connectivity index (χ0n) is 8.84. The summed E-state index contributed by atoms with van der Waals surface area (Å²) in [7, 11) is 0. The third-order valence-corrected chi connectivity index (χ3v) is 2.06. The number of aliphatic imine (C=N–C) groups is 1. The van der Waals surface area contributed by atoms with Crippen LogP contribution in [0.2, 0.25) is 0 Å². The molecule has 12 heavy (non-hydrogen) atoms. The van der Waals surface area contributed by atoms with Gasteiger partial charge in [0.1, 0.15) is 0 Å². The Balaban J connectivity index is 3.19. The first-order valence-corrected chi connectivity index (χ1v) is 5.31. The van der Waals surface area contributed by atoms with Gasteiger partial charge in [0, 0.05) is 12.8 Å². The van der Waals surface area contributed by atoms with Gasteiger partial charge in [-0.1, -0.05) is 39.5 Å². The molecule has 0 aromatic heterocycles. The molecular formula is C11H23N. The van der Waals surface area contributed by atoms with Crippen LogP contribution in [0.3, 0.4) is 0 Å². The third-order valence-electron chi connectivity index (χ3n) is 2.06. The van der Waals surface area contributed by atoms with E-state index in [2.05, 4.69) is 32.0 Å². The first-order valence-electron chi connectivity index (χ1n) is 5.31. The lowest BCUT2D eigenvalue weighted by atomic mass is 10.0. The number of rotatable bonds is 7. The first kappa shape index (κ1) is 11.7. The van der Waals surface area contributed by atoms with E-state index in [-0.39, 0.29) is 0 Å². The molecule has 72 valence electrons. The molecule has 0 N–H and O–H groups in total. The van der Waals surface area contributed by atoms with Gasteiger partial charge in [-0.2, -0.15) is 0 Å². The van der Waals surface area contributed by atoms with Gasteiger partial charge < -0.3 is 0 Å². The highest BCUT2D eigenvalue weighted by Gasteiger charge is 1.96. The molecule has 0 aliphatic heterocycles. The van der Waals surface area contributed by atoms with Crippen molar-refractivity contribution in [3.63, 3.8) is 0 Å². The lowest BCUT2D eigenvalue weighted by Crippen LogP contribution is -1.96. The third kappa shape index (κ3) is 7.77. The molecule has 0 aliphatic carbocycles. The second kappa shape index (κ2) is 8.76. The fourth-order valence-corrected chi connectivity index (χ4v) is 1.25. The molecule has 0 spiro atoms. The molecule has 0 saturated carbocycles.